The number of nitrogens with two attached hydrogens (primary N) is 1. The monoisotopic (exact) mass is 251 g/mol. The van der Waals surface area contributed by atoms with Crippen molar-refractivity contribution in [1.82, 2.24) is 9.78 Å². The van der Waals surface area contributed by atoms with Crippen LogP contribution in [0, 0.1) is 0 Å². The largest absolute Gasteiger partial charge is 0.493 e. The van der Waals surface area contributed by atoms with Crippen molar-refractivity contribution in [2.45, 2.75) is 6.42 Å². The first-order valence-corrected chi connectivity index (χ1v) is 5.70. The molecule has 0 bridgehead atoms. The molecule has 1 aromatic carbocycles. The first-order valence-electron chi connectivity index (χ1n) is 5.32. The molecule has 2 N–H and O–H groups in total. The van der Waals surface area contributed by atoms with Crippen LogP contribution >= 0.6 is 11.6 Å². The first kappa shape index (κ1) is 11.8. The van der Waals surface area contributed by atoms with Gasteiger partial charge in [-0.15, -0.1) is 0 Å². The summed E-state index contributed by atoms with van der Waals surface area (Å²) >= 11 is 5.78. The van der Waals surface area contributed by atoms with Gasteiger partial charge >= 0.3 is 0 Å². The van der Waals surface area contributed by atoms with Gasteiger partial charge in [0.2, 0.25) is 0 Å². The molecule has 90 valence electrons. The van der Waals surface area contributed by atoms with Gasteiger partial charge in [-0.3, -0.25) is 4.68 Å². The maximum absolute atomic E-state index is 5.78. The maximum atomic E-state index is 5.78. The Morgan fingerprint density at radius 3 is 2.65 bits per heavy atom. The Bertz CT molecular complexity index is 473. The molecule has 2 rings (SSSR count). The average molecular weight is 252 g/mol. The molecule has 1 heterocycles. The third-order valence-corrected chi connectivity index (χ3v) is 2.66. The van der Waals surface area contributed by atoms with E-state index in [1.54, 1.807) is 16.8 Å². The Hall–Kier alpha value is -1.68. The molecule has 0 radical (unpaired) electrons. The standard InChI is InChI=1S/C12H14ClN3O/c1-16-12(14)8-10(15-16)6-7-17-11-4-2-9(13)3-5-11/h2-5,8H,6-7,14H2,1H3. The van der Waals surface area contributed by atoms with Crippen LogP contribution in [0.25, 0.3) is 0 Å². The molecule has 0 aliphatic rings. The Kier molecular flexibility index (Phi) is 3.54. The van der Waals surface area contributed by atoms with E-state index in [1.165, 1.54) is 0 Å². The highest BCUT2D eigenvalue weighted by Crippen LogP contribution is 2.15. The quantitative estimate of drug-likeness (QED) is 0.907. The number of nitrogens with zero attached hydrogens (tertiary/aromatic N) is 2. The molecular weight excluding hydrogens is 238 g/mol. The Morgan fingerprint density at radius 2 is 2.06 bits per heavy atom. The van der Waals surface area contributed by atoms with Crippen LogP contribution in [-0.2, 0) is 13.5 Å². The fraction of sp³-hybridized carbons (Fsp3) is 0.250. The number of benzene rings is 1. The number of nitrogen functional groups attached to an aromatic ring is 1. The topological polar surface area (TPSA) is 53.1 Å². The average Bonchev–Trinajstić information content (AvgIpc) is 2.61. The number of aromatic nitrogens is 2. The molecule has 0 saturated heterocycles. The number of aryl methyl sites for hydroxylation is 1. The minimum atomic E-state index is 0.568. The second-order valence-corrected chi connectivity index (χ2v) is 4.17. The summed E-state index contributed by atoms with van der Waals surface area (Å²) in [6.07, 6.45) is 0.730. The lowest BCUT2D eigenvalue weighted by Gasteiger charge is -2.04. The minimum absolute atomic E-state index is 0.568. The molecule has 0 amide bonds. The second kappa shape index (κ2) is 5.10. The van der Waals surface area contributed by atoms with E-state index < -0.39 is 0 Å². The van der Waals surface area contributed by atoms with Crippen molar-refractivity contribution in [2.24, 2.45) is 7.05 Å². The SMILES string of the molecule is Cn1nc(CCOc2ccc(Cl)cc2)cc1N. The van der Waals surface area contributed by atoms with Crippen molar-refractivity contribution in [3.63, 3.8) is 0 Å². The van der Waals surface area contributed by atoms with Gasteiger partial charge in [0.1, 0.15) is 11.6 Å². The van der Waals surface area contributed by atoms with Gasteiger partial charge in [0.05, 0.1) is 12.3 Å². The zero-order valence-electron chi connectivity index (χ0n) is 9.56. The molecule has 0 spiro atoms. The number of hydrogen-bond acceptors (Lipinski definition) is 3. The molecule has 17 heavy (non-hydrogen) atoms. The molecular formula is C12H14ClN3O. The van der Waals surface area contributed by atoms with E-state index in [4.69, 9.17) is 22.1 Å². The van der Waals surface area contributed by atoms with Crippen LogP contribution in [0.2, 0.25) is 5.02 Å². The maximum Gasteiger partial charge on any atom is 0.121 e. The van der Waals surface area contributed by atoms with Gasteiger partial charge in [-0.1, -0.05) is 11.6 Å². The van der Waals surface area contributed by atoms with Crippen molar-refractivity contribution in [3.05, 3.63) is 41.0 Å². The summed E-state index contributed by atoms with van der Waals surface area (Å²) in [5.74, 6) is 1.46. The predicted molar refractivity (Wildman–Crippen MR) is 68.3 cm³/mol. The smallest absolute Gasteiger partial charge is 0.121 e. The highest BCUT2D eigenvalue weighted by Gasteiger charge is 2.02. The van der Waals surface area contributed by atoms with Crippen molar-refractivity contribution in [2.75, 3.05) is 12.3 Å². The Labute approximate surface area is 105 Å². The van der Waals surface area contributed by atoms with Gasteiger partial charge in [-0.25, -0.2) is 0 Å². The summed E-state index contributed by atoms with van der Waals surface area (Å²) in [5.41, 5.74) is 6.61. The van der Waals surface area contributed by atoms with Gasteiger partial charge in [0.15, 0.2) is 0 Å². The van der Waals surface area contributed by atoms with E-state index in [-0.39, 0.29) is 0 Å². The lowest BCUT2D eigenvalue weighted by Crippen LogP contribution is -2.02. The highest BCUT2D eigenvalue weighted by molar-refractivity contribution is 6.30. The first-order chi connectivity index (χ1) is 8.15. The zero-order valence-corrected chi connectivity index (χ0v) is 10.3. The number of ether oxygens (including phenoxy) is 1. The number of anilines is 1. The third kappa shape index (κ3) is 3.14. The van der Waals surface area contributed by atoms with Crippen LogP contribution in [0.4, 0.5) is 5.82 Å². The van der Waals surface area contributed by atoms with Crippen LogP contribution in [0.15, 0.2) is 30.3 Å². The van der Waals surface area contributed by atoms with E-state index in [9.17, 15) is 0 Å². The number of halogens is 1. The molecule has 2 aromatic rings. The van der Waals surface area contributed by atoms with Crippen molar-refractivity contribution in [3.8, 4) is 5.75 Å². The van der Waals surface area contributed by atoms with Crippen molar-refractivity contribution < 1.29 is 4.74 Å². The normalized spacial score (nSPS) is 10.5. The van der Waals surface area contributed by atoms with E-state index in [2.05, 4.69) is 5.10 Å². The van der Waals surface area contributed by atoms with E-state index in [0.29, 0.717) is 17.4 Å². The van der Waals surface area contributed by atoms with Crippen LogP contribution in [0.5, 0.6) is 5.75 Å². The third-order valence-electron chi connectivity index (χ3n) is 2.41. The van der Waals surface area contributed by atoms with Crippen LogP contribution in [0.1, 0.15) is 5.69 Å². The summed E-state index contributed by atoms with van der Waals surface area (Å²) < 4.78 is 7.22. The molecule has 0 unspecified atom stereocenters. The Balaban J connectivity index is 1.85. The summed E-state index contributed by atoms with van der Waals surface area (Å²) in [5, 5.41) is 4.95. The predicted octanol–water partition coefficient (Wildman–Crippen LogP) is 2.28. The lowest BCUT2D eigenvalue weighted by atomic mass is 10.3. The van der Waals surface area contributed by atoms with Crippen molar-refractivity contribution >= 4 is 17.4 Å². The van der Waals surface area contributed by atoms with Gasteiger partial charge in [-0.2, -0.15) is 5.10 Å². The lowest BCUT2D eigenvalue weighted by molar-refractivity contribution is 0.320. The minimum Gasteiger partial charge on any atom is -0.493 e. The van der Waals surface area contributed by atoms with Gasteiger partial charge in [0.25, 0.3) is 0 Å². The molecule has 0 fully saturated rings. The fourth-order valence-electron chi connectivity index (χ4n) is 1.47. The summed E-state index contributed by atoms with van der Waals surface area (Å²) in [4.78, 5) is 0. The van der Waals surface area contributed by atoms with Gasteiger partial charge in [-0.05, 0) is 24.3 Å². The van der Waals surface area contributed by atoms with E-state index in [0.717, 1.165) is 17.9 Å². The van der Waals surface area contributed by atoms with Crippen molar-refractivity contribution in [1.29, 1.82) is 0 Å². The molecule has 0 aliphatic heterocycles. The molecule has 5 heteroatoms. The van der Waals surface area contributed by atoms with Gasteiger partial charge in [0, 0.05) is 24.6 Å². The highest BCUT2D eigenvalue weighted by atomic mass is 35.5. The van der Waals surface area contributed by atoms with Crippen LogP contribution < -0.4 is 10.5 Å². The number of hydrogen-bond donors (Lipinski definition) is 1. The summed E-state index contributed by atoms with van der Waals surface area (Å²) in [7, 11) is 1.82. The summed E-state index contributed by atoms with van der Waals surface area (Å²) in [6, 6.07) is 9.14. The zero-order chi connectivity index (χ0) is 12.3. The summed E-state index contributed by atoms with van der Waals surface area (Å²) in [6.45, 7) is 0.568. The van der Waals surface area contributed by atoms with Crippen LogP contribution in [-0.4, -0.2) is 16.4 Å². The van der Waals surface area contributed by atoms with Crippen LogP contribution in [0.3, 0.4) is 0 Å². The Morgan fingerprint density at radius 1 is 1.35 bits per heavy atom. The molecule has 4 nitrogen and oxygen atoms in total. The van der Waals surface area contributed by atoms with E-state index >= 15 is 0 Å². The molecule has 0 aliphatic carbocycles. The molecule has 0 atom stereocenters. The number of rotatable bonds is 4. The second-order valence-electron chi connectivity index (χ2n) is 3.74. The fourth-order valence-corrected chi connectivity index (χ4v) is 1.60. The molecule has 1 aromatic heterocycles. The van der Waals surface area contributed by atoms with E-state index in [1.807, 2.05) is 25.2 Å². The van der Waals surface area contributed by atoms with Gasteiger partial charge < -0.3 is 10.5 Å². The molecule has 0 saturated carbocycles.